The van der Waals surface area contributed by atoms with Gasteiger partial charge in [0.15, 0.2) is 12.1 Å². The molecule has 8 heteroatoms. The zero-order valence-electron chi connectivity index (χ0n) is 13.9. The predicted octanol–water partition coefficient (Wildman–Crippen LogP) is 2.84. The van der Waals surface area contributed by atoms with Crippen molar-refractivity contribution in [3.63, 3.8) is 0 Å². The third-order valence-corrected chi connectivity index (χ3v) is 4.70. The van der Waals surface area contributed by atoms with Crippen molar-refractivity contribution in [1.82, 2.24) is 5.01 Å². The zero-order chi connectivity index (χ0) is 18.3. The summed E-state index contributed by atoms with van der Waals surface area (Å²) in [7, 11) is 1.56. The van der Waals surface area contributed by atoms with Gasteiger partial charge in [-0.25, -0.2) is 4.90 Å². The summed E-state index contributed by atoms with van der Waals surface area (Å²) in [5.74, 6) is -0.0475. The number of nitrogens with zero attached hydrogens (tertiary/aromatic N) is 4. The predicted molar refractivity (Wildman–Crippen MR) is 94.9 cm³/mol. The van der Waals surface area contributed by atoms with Gasteiger partial charge in [-0.15, -0.1) is 0 Å². The van der Waals surface area contributed by atoms with Gasteiger partial charge in [-0.2, -0.15) is 5.11 Å². The lowest BCUT2D eigenvalue weighted by molar-refractivity contribution is -0.123. The molecular weight excluding hydrogens is 356 g/mol. The Bertz CT molecular complexity index is 882. The Morgan fingerprint density at radius 1 is 1.04 bits per heavy atom. The summed E-state index contributed by atoms with van der Waals surface area (Å²) in [4.78, 5) is 26.7. The number of methoxy groups -OCH3 is 1. The molecule has 2 atom stereocenters. The number of hydrogen-bond donors (Lipinski definition) is 0. The largest absolute Gasteiger partial charge is 0.497 e. The minimum Gasteiger partial charge on any atom is -0.497 e. The second-order valence-electron chi connectivity index (χ2n) is 6.03. The van der Waals surface area contributed by atoms with Crippen LogP contribution in [0.1, 0.15) is 5.56 Å². The van der Waals surface area contributed by atoms with Gasteiger partial charge in [-0.05, 0) is 42.0 Å². The Morgan fingerprint density at radius 2 is 1.73 bits per heavy atom. The summed E-state index contributed by atoms with van der Waals surface area (Å²) >= 11 is 5.90. The number of hydrogen-bond acceptors (Lipinski definition) is 6. The van der Waals surface area contributed by atoms with Crippen LogP contribution in [0.25, 0.3) is 0 Å². The quantitative estimate of drug-likeness (QED) is 0.775. The molecule has 0 aliphatic carbocycles. The minimum absolute atomic E-state index is 0.330. The Balaban J connectivity index is 1.57. The summed E-state index contributed by atoms with van der Waals surface area (Å²) in [6.07, 6.45) is 0. The molecule has 2 amide bonds. The molecule has 0 unspecified atom stereocenters. The van der Waals surface area contributed by atoms with Gasteiger partial charge in [-0.1, -0.05) is 29.0 Å². The van der Waals surface area contributed by atoms with E-state index >= 15 is 0 Å². The molecular formula is C18H15ClN4O3. The summed E-state index contributed by atoms with van der Waals surface area (Å²) in [6.45, 7) is 0.372. The molecule has 0 saturated carbocycles. The maximum absolute atomic E-state index is 12.9. The highest BCUT2D eigenvalue weighted by atomic mass is 35.5. The number of halogens is 1. The molecule has 4 rings (SSSR count). The van der Waals surface area contributed by atoms with E-state index in [2.05, 4.69) is 10.3 Å². The topological polar surface area (TPSA) is 74.6 Å². The second-order valence-corrected chi connectivity index (χ2v) is 6.46. The van der Waals surface area contributed by atoms with E-state index in [4.69, 9.17) is 16.3 Å². The number of amides is 2. The molecule has 26 heavy (non-hydrogen) atoms. The van der Waals surface area contributed by atoms with Crippen LogP contribution in [0.4, 0.5) is 5.69 Å². The van der Waals surface area contributed by atoms with Gasteiger partial charge in [0.05, 0.1) is 19.3 Å². The highest BCUT2D eigenvalue weighted by molar-refractivity contribution is 6.30. The third-order valence-electron chi connectivity index (χ3n) is 4.45. The van der Waals surface area contributed by atoms with Gasteiger partial charge in [0.25, 0.3) is 11.8 Å². The van der Waals surface area contributed by atoms with Crippen molar-refractivity contribution < 1.29 is 14.3 Å². The number of rotatable bonds is 4. The first-order valence-electron chi connectivity index (χ1n) is 8.02. The molecule has 2 aliphatic rings. The molecule has 2 aromatic carbocycles. The lowest BCUT2D eigenvalue weighted by Crippen LogP contribution is -2.39. The van der Waals surface area contributed by atoms with Crippen LogP contribution in [-0.4, -0.2) is 36.0 Å². The zero-order valence-corrected chi connectivity index (χ0v) is 14.6. The fourth-order valence-corrected chi connectivity index (χ4v) is 3.24. The smallest absolute Gasteiger partial charge is 0.263 e. The van der Waals surface area contributed by atoms with Crippen LogP contribution in [-0.2, 0) is 16.1 Å². The van der Waals surface area contributed by atoms with Crippen LogP contribution >= 0.6 is 11.6 Å². The molecule has 1 saturated heterocycles. The molecule has 2 aliphatic heterocycles. The van der Waals surface area contributed by atoms with E-state index in [1.807, 2.05) is 12.1 Å². The number of fused-ring (bicyclic) bond motifs is 1. The Kier molecular flexibility index (Phi) is 4.08. The number of carbonyl (C=O) groups excluding carboxylic acids is 2. The normalized spacial score (nSPS) is 21.5. The summed E-state index contributed by atoms with van der Waals surface area (Å²) < 4.78 is 5.11. The van der Waals surface area contributed by atoms with E-state index in [0.717, 1.165) is 5.56 Å². The maximum Gasteiger partial charge on any atom is 0.263 e. The van der Waals surface area contributed by atoms with Gasteiger partial charge in [0.2, 0.25) is 0 Å². The third kappa shape index (κ3) is 2.70. The van der Waals surface area contributed by atoms with Gasteiger partial charge < -0.3 is 4.74 Å². The summed E-state index contributed by atoms with van der Waals surface area (Å²) in [6, 6.07) is 12.5. The average molecular weight is 371 g/mol. The first kappa shape index (κ1) is 16.5. The standard InChI is InChI=1S/C18H15ClN4O3/c1-26-14-8-6-13(7-9-14)23-17(24)15-16(18(23)25)22(21-20-15)10-11-2-4-12(19)5-3-11/h2-9,15-16H,10H2,1H3/t15-,16+/m1/s1. The first-order valence-corrected chi connectivity index (χ1v) is 8.40. The lowest BCUT2D eigenvalue weighted by atomic mass is 10.1. The SMILES string of the molecule is COc1ccc(N2C(=O)[C@@H]3[C@@H](N=NN3Cc3ccc(Cl)cc3)C2=O)cc1. The lowest BCUT2D eigenvalue weighted by Gasteiger charge is -2.20. The van der Waals surface area contributed by atoms with Gasteiger partial charge >= 0.3 is 0 Å². The van der Waals surface area contributed by atoms with Crippen molar-refractivity contribution in [3.8, 4) is 5.75 Å². The molecule has 2 heterocycles. The molecule has 1 fully saturated rings. The van der Waals surface area contributed by atoms with Crippen molar-refractivity contribution in [2.75, 3.05) is 12.0 Å². The highest BCUT2D eigenvalue weighted by Crippen LogP contribution is 2.33. The van der Waals surface area contributed by atoms with Gasteiger partial charge in [0, 0.05) is 5.02 Å². The fraction of sp³-hybridized carbons (Fsp3) is 0.222. The Hall–Kier alpha value is -2.93. The average Bonchev–Trinajstić information content (AvgIpc) is 3.17. The summed E-state index contributed by atoms with van der Waals surface area (Å²) in [5, 5.41) is 10.2. The van der Waals surface area contributed by atoms with Gasteiger partial charge in [0.1, 0.15) is 5.75 Å². The Morgan fingerprint density at radius 3 is 2.38 bits per heavy atom. The summed E-state index contributed by atoms with van der Waals surface area (Å²) in [5.41, 5.74) is 1.42. The second kappa shape index (κ2) is 6.42. The first-order chi connectivity index (χ1) is 12.6. The number of benzene rings is 2. The number of anilines is 1. The van der Waals surface area contributed by atoms with Crippen LogP contribution < -0.4 is 9.64 Å². The van der Waals surface area contributed by atoms with E-state index in [1.165, 1.54) is 4.90 Å². The highest BCUT2D eigenvalue weighted by Gasteiger charge is 2.54. The van der Waals surface area contributed by atoms with E-state index in [-0.39, 0.29) is 11.8 Å². The van der Waals surface area contributed by atoms with Crippen LogP contribution in [0.2, 0.25) is 5.02 Å². The number of ether oxygens (including phenoxy) is 1. The molecule has 0 N–H and O–H groups in total. The molecule has 0 spiro atoms. The minimum atomic E-state index is -0.808. The van der Waals surface area contributed by atoms with Gasteiger partial charge in [-0.3, -0.25) is 14.6 Å². The van der Waals surface area contributed by atoms with Crippen molar-refractivity contribution in [2.24, 2.45) is 10.3 Å². The van der Waals surface area contributed by atoms with Crippen LogP contribution in [0.5, 0.6) is 5.75 Å². The molecule has 7 nitrogen and oxygen atoms in total. The van der Waals surface area contributed by atoms with Crippen LogP contribution in [0, 0.1) is 0 Å². The van der Waals surface area contributed by atoms with E-state index in [1.54, 1.807) is 48.5 Å². The van der Waals surface area contributed by atoms with Crippen molar-refractivity contribution in [1.29, 1.82) is 0 Å². The molecule has 2 aromatic rings. The number of imide groups is 1. The molecule has 0 radical (unpaired) electrons. The van der Waals surface area contributed by atoms with Crippen molar-refractivity contribution >= 4 is 29.1 Å². The molecule has 0 aromatic heterocycles. The molecule has 0 bridgehead atoms. The van der Waals surface area contributed by atoms with Crippen molar-refractivity contribution in [2.45, 2.75) is 18.6 Å². The van der Waals surface area contributed by atoms with Crippen molar-refractivity contribution in [3.05, 3.63) is 59.1 Å². The van der Waals surface area contributed by atoms with Crippen LogP contribution in [0.3, 0.4) is 0 Å². The fourth-order valence-electron chi connectivity index (χ4n) is 3.12. The van der Waals surface area contributed by atoms with Crippen LogP contribution in [0.15, 0.2) is 58.9 Å². The van der Waals surface area contributed by atoms with E-state index < -0.39 is 12.1 Å². The monoisotopic (exact) mass is 370 g/mol. The Labute approximate surface area is 154 Å². The molecule has 132 valence electrons. The maximum atomic E-state index is 12.9. The number of carbonyl (C=O) groups is 2. The van der Waals surface area contributed by atoms with E-state index in [9.17, 15) is 9.59 Å². The van der Waals surface area contributed by atoms with E-state index in [0.29, 0.717) is 23.0 Å².